The lowest BCUT2D eigenvalue weighted by Gasteiger charge is -2.42. The molecule has 3 nitrogen and oxygen atoms in total. The summed E-state index contributed by atoms with van der Waals surface area (Å²) in [5.41, 5.74) is 6.16. The average molecular weight is 452 g/mol. The van der Waals surface area contributed by atoms with Gasteiger partial charge in [-0.1, -0.05) is 74.7 Å². The van der Waals surface area contributed by atoms with E-state index in [2.05, 4.69) is 49.4 Å². The molecule has 0 aliphatic heterocycles. The number of hydrogen-bond acceptors (Lipinski definition) is 2. The quantitative estimate of drug-likeness (QED) is 0.352. The van der Waals surface area contributed by atoms with E-state index in [1.54, 1.807) is 12.1 Å². The van der Waals surface area contributed by atoms with E-state index in [0.29, 0.717) is 11.5 Å². The first-order chi connectivity index (χ1) is 16.6. The predicted molar refractivity (Wildman–Crippen MR) is 137 cm³/mol. The van der Waals surface area contributed by atoms with Gasteiger partial charge in [0.1, 0.15) is 0 Å². The van der Waals surface area contributed by atoms with E-state index in [1.807, 2.05) is 24.3 Å². The van der Waals surface area contributed by atoms with Gasteiger partial charge < -0.3 is 5.11 Å². The fourth-order valence-corrected chi connectivity index (χ4v) is 5.69. The van der Waals surface area contributed by atoms with Crippen LogP contribution in [0.1, 0.15) is 91.3 Å². The van der Waals surface area contributed by atoms with Gasteiger partial charge in [-0.15, -0.1) is 0 Å². The topological polar surface area (TPSA) is 61.1 Å². The number of carboxylic acid groups (broad SMARTS) is 1. The minimum Gasteiger partial charge on any atom is -0.478 e. The van der Waals surface area contributed by atoms with Crippen molar-refractivity contribution < 1.29 is 9.90 Å². The maximum Gasteiger partial charge on any atom is 0.335 e. The molecule has 0 bridgehead atoms. The number of hydrogen-bond donors (Lipinski definition) is 1. The van der Waals surface area contributed by atoms with Gasteiger partial charge in [0.15, 0.2) is 0 Å². The molecule has 3 heteroatoms. The molecule has 0 aromatic heterocycles. The summed E-state index contributed by atoms with van der Waals surface area (Å²) < 4.78 is 0. The van der Waals surface area contributed by atoms with Crippen LogP contribution >= 0.6 is 0 Å². The monoisotopic (exact) mass is 451 g/mol. The zero-order valence-electron chi connectivity index (χ0n) is 20.0. The molecular formula is C31H33NO2. The summed E-state index contributed by atoms with van der Waals surface area (Å²) in [5, 5.41) is 18.9. The second-order valence-electron chi connectivity index (χ2n) is 9.68. The Kier molecular flexibility index (Phi) is 7.48. The Morgan fingerprint density at radius 3 is 2.32 bits per heavy atom. The van der Waals surface area contributed by atoms with Gasteiger partial charge in [-0.25, -0.2) is 4.79 Å². The van der Waals surface area contributed by atoms with Crippen LogP contribution in [0, 0.1) is 11.3 Å². The lowest BCUT2D eigenvalue weighted by Crippen LogP contribution is -2.32. The highest BCUT2D eigenvalue weighted by Crippen LogP contribution is 2.50. The molecule has 0 spiro atoms. The molecule has 0 amide bonds. The van der Waals surface area contributed by atoms with Crippen molar-refractivity contribution in [1.82, 2.24) is 0 Å². The first-order valence-electron chi connectivity index (χ1n) is 12.5. The van der Waals surface area contributed by atoms with Crippen LogP contribution < -0.4 is 0 Å². The molecule has 1 N–H and O–H groups in total. The molecule has 0 saturated heterocycles. The minimum atomic E-state index is -0.879. The van der Waals surface area contributed by atoms with Crippen molar-refractivity contribution in [2.24, 2.45) is 0 Å². The Labute approximate surface area is 203 Å². The van der Waals surface area contributed by atoms with Crippen LogP contribution in [0.3, 0.4) is 0 Å². The zero-order chi connectivity index (χ0) is 24.0. The van der Waals surface area contributed by atoms with E-state index in [4.69, 9.17) is 0 Å². The first-order valence-corrected chi connectivity index (χ1v) is 12.5. The van der Waals surface area contributed by atoms with E-state index in [1.165, 1.54) is 41.5 Å². The number of benzene rings is 3. The Bertz CT molecular complexity index is 1150. The maximum atomic E-state index is 11.2. The van der Waals surface area contributed by atoms with Gasteiger partial charge in [0, 0.05) is 0 Å². The number of nitriles is 1. The fourth-order valence-electron chi connectivity index (χ4n) is 5.69. The van der Waals surface area contributed by atoms with E-state index in [-0.39, 0.29) is 5.41 Å². The van der Waals surface area contributed by atoms with Crippen molar-refractivity contribution in [3.05, 3.63) is 95.1 Å². The lowest BCUT2D eigenvalue weighted by atomic mass is 9.62. The lowest BCUT2D eigenvalue weighted by molar-refractivity contribution is 0.0697. The highest BCUT2D eigenvalue weighted by atomic mass is 16.4. The Hall–Kier alpha value is -3.38. The third kappa shape index (κ3) is 5.07. The maximum absolute atomic E-state index is 11.2. The normalized spacial score (nSPS) is 19.9. The SMILES string of the molecule is CCCCCC1(c2cc(C#N)ccc2-c2ccccc2)CCC(c2ccc(C(=O)O)cc2)CC1. The van der Waals surface area contributed by atoms with Crippen LogP contribution in [-0.4, -0.2) is 11.1 Å². The summed E-state index contributed by atoms with van der Waals surface area (Å²) in [4.78, 5) is 11.2. The number of aromatic carboxylic acids is 1. The number of carboxylic acids is 1. The van der Waals surface area contributed by atoms with Gasteiger partial charge in [0.05, 0.1) is 17.2 Å². The fraction of sp³-hybridized carbons (Fsp3) is 0.355. The number of carbonyl (C=O) groups is 1. The second-order valence-corrected chi connectivity index (χ2v) is 9.68. The molecule has 34 heavy (non-hydrogen) atoms. The number of unbranched alkanes of at least 4 members (excludes halogenated alkanes) is 2. The molecule has 4 rings (SSSR count). The van der Waals surface area contributed by atoms with Gasteiger partial charge in [-0.2, -0.15) is 5.26 Å². The van der Waals surface area contributed by atoms with Crippen LogP contribution in [0.2, 0.25) is 0 Å². The molecule has 3 aromatic rings. The summed E-state index contributed by atoms with van der Waals surface area (Å²) in [6.07, 6.45) is 9.05. The van der Waals surface area contributed by atoms with Crippen molar-refractivity contribution in [3.63, 3.8) is 0 Å². The van der Waals surface area contributed by atoms with Crippen molar-refractivity contribution in [2.45, 2.75) is 69.6 Å². The van der Waals surface area contributed by atoms with Crippen LogP contribution in [0.4, 0.5) is 0 Å². The summed E-state index contributed by atoms with van der Waals surface area (Å²) in [6.45, 7) is 2.25. The molecule has 3 aromatic carbocycles. The largest absolute Gasteiger partial charge is 0.478 e. The molecular weight excluding hydrogens is 418 g/mol. The van der Waals surface area contributed by atoms with Crippen LogP contribution in [-0.2, 0) is 5.41 Å². The molecule has 1 saturated carbocycles. The third-order valence-electron chi connectivity index (χ3n) is 7.64. The van der Waals surface area contributed by atoms with E-state index in [9.17, 15) is 15.2 Å². The zero-order valence-corrected chi connectivity index (χ0v) is 20.0. The molecule has 174 valence electrons. The predicted octanol–water partition coefficient (Wildman–Crippen LogP) is 8.10. The summed E-state index contributed by atoms with van der Waals surface area (Å²) in [5.74, 6) is -0.433. The third-order valence-corrected chi connectivity index (χ3v) is 7.64. The Morgan fingerprint density at radius 2 is 1.71 bits per heavy atom. The summed E-state index contributed by atoms with van der Waals surface area (Å²) in [6, 6.07) is 26.6. The van der Waals surface area contributed by atoms with Gasteiger partial charge in [0.25, 0.3) is 0 Å². The van der Waals surface area contributed by atoms with Crippen LogP contribution in [0.5, 0.6) is 0 Å². The Morgan fingerprint density at radius 1 is 1.00 bits per heavy atom. The Balaban J connectivity index is 1.68. The van der Waals surface area contributed by atoms with Gasteiger partial charge in [0.2, 0.25) is 0 Å². The van der Waals surface area contributed by atoms with E-state index in [0.717, 1.165) is 37.7 Å². The highest BCUT2D eigenvalue weighted by molar-refractivity contribution is 5.87. The van der Waals surface area contributed by atoms with Crippen molar-refractivity contribution in [3.8, 4) is 17.2 Å². The molecule has 1 fully saturated rings. The average Bonchev–Trinajstić information content (AvgIpc) is 2.89. The minimum absolute atomic E-state index is 0.0602. The highest BCUT2D eigenvalue weighted by Gasteiger charge is 2.38. The van der Waals surface area contributed by atoms with Crippen LogP contribution in [0.25, 0.3) is 11.1 Å². The van der Waals surface area contributed by atoms with Crippen molar-refractivity contribution in [2.75, 3.05) is 0 Å². The van der Waals surface area contributed by atoms with Crippen molar-refractivity contribution in [1.29, 1.82) is 5.26 Å². The van der Waals surface area contributed by atoms with E-state index >= 15 is 0 Å². The smallest absolute Gasteiger partial charge is 0.335 e. The van der Waals surface area contributed by atoms with Gasteiger partial charge in [-0.3, -0.25) is 0 Å². The molecule has 0 unspecified atom stereocenters. The van der Waals surface area contributed by atoms with E-state index < -0.39 is 5.97 Å². The van der Waals surface area contributed by atoms with Gasteiger partial charge in [-0.05, 0) is 90.0 Å². The molecule has 0 heterocycles. The standard InChI is InChI=1S/C31H33NO2/c1-2-3-7-18-31(19-16-25(17-20-31)24-11-13-27(14-12-24)30(33)34)29-21-23(22-32)10-15-28(29)26-8-5-4-6-9-26/h4-6,8-15,21,25H,2-3,7,16-20H2,1H3,(H,33,34). The number of rotatable bonds is 8. The molecule has 1 aliphatic rings. The number of nitrogens with zero attached hydrogens (tertiary/aromatic N) is 1. The van der Waals surface area contributed by atoms with Gasteiger partial charge >= 0.3 is 5.97 Å². The second kappa shape index (κ2) is 10.7. The summed E-state index contributed by atoms with van der Waals surface area (Å²) in [7, 11) is 0. The first kappa shape index (κ1) is 23.8. The molecule has 0 radical (unpaired) electrons. The van der Waals surface area contributed by atoms with Crippen LogP contribution in [0.15, 0.2) is 72.8 Å². The molecule has 1 aliphatic carbocycles. The molecule has 0 atom stereocenters. The van der Waals surface area contributed by atoms with Crippen molar-refractivity contribution >= 4 is 5.97 Å². The summed E-state index contributed by atoms with van der Waals surface area (Å²) >= 11 is 0.